The van der Waals surface area contributed by atoms with Gasteiger partial charge in [0, 0.05) is 26.2 Å². The number of hydrogen-bond acceptors (Lipinski definition) is 3. The summed E-state index contributed by atoms with van der Waals surface area (Å²) in [4.78, 5) is 7.16. The highest BCUT2D eigenvalue weighted by atomic mass is 15.2. The second kappa shape index (κ2) is 62.2. The van der Waals surface area contributed by atoms with Crippen molar-refractivity contribution in [1.29, 1.82) is 0 Å². The molecule has 9 aliphatic rings. The second-order valence-electron chi connectivity index (χ2n) is 35.3. The van der Waals surface area contributed by atoms with Crippen molar-refractivity contribution in [2.45, 2.75) is 431 Å². The Labute approximate surface area is 627 Å². The van der Waals surface area contributed by atoms with E-state index in [1.807, 2.05) is 0 Å². The molecule has 2 saturated heterocycles. The van der Waals surface area contributed by atoms with Gasteiger partial charge in [-0.05, 0) is 192 Å². The molecule has 9 fully saturated rings. The molecule has 99 heavy (non-hydrogen) atoms. The van der Waals surface area contributed by atoms with Gasteiger partial charge in [-0.3, -0.25) is 0 Å². The molecule has 0 radical (unpaired) electrons. The molecule has 7 aliphatic carbocycles. The van der Waals surface area contributed by atoms with Gasteiger partial charge in [-0.1, -0.05) is 398 Å². The van der Waals surface area contributed by atoms with Crippen LogP contribution in [0, 0.1) is 88.8 Å². The molecule has 7 saturated carbocycles. The Hall–Kier alpha value is -0.900. The highest BCUT2D eigenvalue weighted by molar-refractivity contribution is 5.26. The highest BCUT2D eigenvalue weighted by Gasteiger charge is 2.31. The van der Waals surface area contributed by atoms with Crippen LogP contribution in [0.1, 0.15) is 430 Å². The monoisotopic (exact) mass is 1380 g/mol. The molecule has 2 aliphatic heterocycles. The van der Waals surface area contributed by atoms with Crippen LogP contribution < -0.4 is 0 Å². The molecule has 10 rings (SSSR count). The van der Waals surface area contributed by atoms with E-state index in [9.17, 15) is 0 Å². The van der Waals surface area contributed by atoms with Gasteiger partial charge in [-0.25, -0.2) is 0 Å². The summed E-state index contributed by atoms with van der Waals surface area (Å²) in [7, 11) is 6.57. The van der Waals surface area contributed by atoms with E-state index in [0.29, 0.717) is 0 Å². The first-order chi connectivity index (χ1) is 48.2. The Kier molecular flexibility index (Phi) is 59.1. The van der Waals surface area contributed by atoms with Crippen LogP contribution >= 0.6 is 0 Å². The van der Waals surface area contributed by atoms with Gasteiger partial charge in [0.1, 0.15) is 0 Å². The van der Waals surface area contributed by atoms with Crippen LogP contribution in [0.3, 0.4) is 0 Å². The summed E-state index contributed by atoms with van der Waals surface area (Å²) in [6.07, 6.45) is 75.1. The Morgan fingerprint density at radius 1 is 0.253 bits per heavy atom. The molecule has 2 unspecified atom stereocenters. The molecule has 1 aromatic carbocycles. The van der Waals surface area contributed by atoms with Crippen molar-refractivity contribution in [3.8, 4) is 0 Å². The number of likely N-dealkylation sites (tertiary alicyclic amines) is 1. The predicted octanol–water partition coefficient (Wildman–Crippen LogP) is 30.2. The van der Waals surface area contributed by atoms with E-state index in [0.717, 1.165) is 102 Å². The lowest BCUT2D eigenvalue weighted by molar-refractivity contribution is 0.144. The molecular formula is C96H187N3. The van der Waals surface area contributed by atoms with Crippen molar-refractivity contribution >= 4 is 0 Å². The zero-order valence-electron chi connectivity index (χ0n) is 71.6. The third-order valence-electron chi connectivity index (χ3n) is 28.1. The van der Waals surface area contributed by atoms with Gasteiger partial charge in [-0.2, -0.15) is 0 Å². The minimum absolute atomic E-state index is 1.04. The quantitative estimate of drug-likeness (QED) is 0.107. The number of hydrogen-bond donors (Lipinski definition) is 0. The van der Waals surface area contributed by atoms with E-state index in [-0.39, 0.29) is 0 Å². The topological polar surface area (TPSA) is 9.72 Å². The maximum atomic E-state index is 2.44. The fourth-order valence-corrected chi connectivity index (χ4v) is 19.8. The predicted molar refractivity (Wildman–Crippen MR) is 450 cm³/mol. The van der Waals surface area contributed by atoms with Crippen molar-refractivity contribution in [2.24, 2.45) is 88.8 Å². The number of piperazine rings is 1. The first-order valence-electron chi connectivity index (χ1n) is 46.3. The van der Waals surface area contributed by atoms with E-state index in [1.54, 1.807) is 57.8 Å². The molecule has 0 amide bonds. The lowest BCUT2D eigenvalue weighted by Gasteiger charge is -2.37. The van der Waals surface area contributed by atoms with Crippen molar-refractivity contribution in [3.63, 3.8) is 0 Å². The Balaban J connectivity index is 0.000000384. The minimum Gasteiger partial charge on any atom is -0.306 e. The van der Waals surface area contributed by atoms with E-state index in [4.69, 9.17) is 0 Å². The van der Waals surface area contributed by atoms with Gasteiger partial charge >= 0.3 is 0 Å². The fourth-order valence-electron chi connectivity index (χ4n) is 19.8. The van der Waals surface area contributed by atoms with Crippen molar-refractivity contribution in [3.05, 3.63) is 35.4 Å². The minimum atomic E-state index is 1.04. The van der Waals surface area contributed by atoms with E-state index >= 15 is 0 Å². The summed E-state index contributed by atoms with van der Waals surface area (Å²) >= 11 is 0. The third-order valence-corrected chi connectivity index (χ3v) is 28.1. The summed E-state index contributed by atoms with van der Waals surface area (Å²) < 4.78 is 0. The van der Waals surface area contributed by atoms with E-state index in [2.05, 4.69) is 164 Å². The van der Waals surface area contributed by atoms with E-state index in [1.165, 1.54) is 307 Å². The van der Waals surface area contributed by atoms with Gasteiger partial charge in [0.25, 0.3) is 0 Å². The van der Waals surface area contributed by atoms with Gasteiger partial charge in [0.05, 0.1) is 0 Å². The van der Waals surface area contributed by atoms with Crippen LogP contribution in [0.5, 0.6) is 0 Å². The SMILES string of the molecule is CCC1CCC(C2CCC(CC)CC2)CC1.CCC1CCC(CC)CC1.CCC1CCC(CC2CCC(CC)CC2)CC1.CCC1CCCCC1CC.CCCC1CCC(CCC)CC1.CCCC1CCN(C)CC1.CCCCCC.CCc1ccccc1CC.CN1CCN(C)CC1. The highest BCUT2D eigenvalue weighted by Crippen LogP contribution is 2.44. The number of aryl methyl sites for hydroxylation is 2. The first-order valence-corrected chi connectivity index (χ1v) is 46.3. The molecule has 3 nitrogen and oxygen atoms in total. The molecule has 1 aromatic rings. The molecule has 0 aromatic heterocycles. The second-order valence-corrected chi connectivity index (χ2v) is 35.3. The largest absolute Gasteiger partial charge is 0.306 e. The third kappa shape index (κ3) is 44.1. The zero-order valence-corrected chi connectivity index (χ0v) is 71.6. The van der Waals surface area contributed by atoms with Crippen LogP contribution in [-0.2, 0) is 12.8 Å². The van der Waals surface area contributed by atoms with E-state index < -0.39 is 0 Å². The summed E-state index contributed by atoms with van der Waals surface area (Å²) in [5.41, 5.74) is 2.98. The molecule has 586 valence electrons. The van der Waals surface area contributed by atoms with Crippen molar-refractivity contribution in [2.75, 3.05) is 60.4 Å². The first kappa shape index (κ1) is 94.2. The molecule has 0 N–H and O–H groups in total. The number of rotatable bonds is 22. The van der Waals surface area contributed by atoms with Gasteiger partial charge in [0.15, 0.2) is 0 Å². The Morgan fingerprint density at radius 2 is 0.495 bits per heavy atom. The molecule has 3 heteroatoms. The Morgan fingerprint density at radius 3 is 0.737 bits per heavy atom. The van der Waals surface area contributed by atoms with Gasteiger partial charge in [0.2, 0.25) is 0 Å². The number of likely N-dealkylation sites (N-methyl/N-ethyl adjacent to an activating group) is 2. The molecule has 2 atom stereocenters. The number of piperidine rings is 1. The fraction of sp³-hybridized carbons (Fsp3) is 0.938. The maximum absolute atomic E-state index is 2.44. The molecule has 0 bridgehead atoms. The van der Waals surface area contributed by atoms with Crippen LogP contribution in [0.2, 0.25) is 0 Å². The summed E-state index contributed by atoms with van der Waals surface area (Å²) in [5, 5.41) is 0. The van der Waals surface area contributed by atoms with Crippen LogP contribution in [-0.4, -0.2) is 75.1 Å². The lowest BCUT2D eigenvalue weighted by Crippen LogP contribution is -2.42. The summed E-state index contributed by atoms with van der Waals surface area (Å²) in [6, 6.07) is 8.63. The number of unbranched alkanes of at least 4 members (excludes halogenated alkanes) is 3. The molecular weight excluding hydrogens is 1200 g/mol. The zero-order chi connectivity index (χ0) is 72.7. The van der Waals surface area contributed by atoms with Crippen LogP contribution in [0.4, 0.5) is 0 Å². The average Bonchev–Trinajstić information content (AvgIpc) is 1.34. The van der Waals surface area contributed by atoms with Gasteiger partial charge in [-0.15, -0.1) is 0 Å². The smallest absolute Gasteiger partial charge is 0.0107 e. The molecule has 2 heterocycles. The summed E-state index contributed by atoms with van der Waals surface area (Å²) in [5.74, 6) is 16.2. The maximum Gasteiger partial charge on any atom is 0.0107 e. The number of benzene rings is 1. The van der Waals surface area contributed by atoms with Crippen molar-refractivity contribution in [1.82, 2.24) is 14.7 Å². The van der Waals surface area contributed by atoms with Gasteiger partial charge < -0.3 is 14.7 Å². The van der Waals surface area contributed by atoms with Crippen molar-refractivity contribution < 1.29 is 0 Å². The average molecular weight is 1380 g/mol. The van der Waals surface area contributed by atoms with Crippen LogP contribution in [0.15, 0.2) is 24.3 Å². The standard InChI is InChI=1S/C17H32.C16H30.C12H24.2C10H20.C10H14.C9H19N.C6H14N2.C6H14/c1-3-14-5-9-16(10-6-14)13-17-11-7-15(4-2)8-12-17;1-3-13-5-9-15(10-6-13)16-11-7-14(4-2)8-12-16;1-3-5-11-7-9-12(6-4-2)10-8-11;1-3-9-5-7-10(4-2)8-6-9;2*1-3-9-7-5-6-8-10(9)4-2;1-3-4-9-5-7-10(2)8-6-9;1-7-3-5-8(2)6-4-7;1-3-5-6-4-2/h14-17H,3-13H2,1-2H3;13-16H,3-12H2,1-2H3;11-12H,3-10H2,1-2H3;2*9-10H,3-8H2,1-2H3;5-8H,3-4H2,1-2H3;9H,3-8H2,1-2H3;3-6H2,1-2H3;3-6H2,1-2H3. The Bertz CT molecular complexity index is 1690. The normalized spacial score (nSPS) is 30.0. The summed E-state index contributed by atoms with van der Waals surface area (Å²) in [6.45, 7) is 42.2. The lowest BCUT2D eigenvalue weighted by atomic mass is 9.68. The molecule has 0 spiro atoms. The van der Waals surface area contributed by atoms with Crippen LogP contribution in [0.25, 0.3) is 0 Å². The number of nitrogens with zero attached hydrogens (tertiary/aromatic N) is 3.